The molecule has 0 bridgehead atoms. The first kappa shape index (κ1) is 53.7. The van der Waals surface area contributed by atoms with Crippen LogP contribution in [0.1, 0.15) is 100 Å². The SMILES string of the molecule is CC[C@H]1OC(=O)[C@H](C)[C@@H](O[C@H]2C[C@@](C)(OC)[C@@H](O)[C@@H](C)O2)[C@H](C)[C@@H](O[C@@H]2O[C@H](C)C[C@H](N(C)C)[C@H]2O)[C@](C)(OC)C[C@@H](C)C(=O)[C@@H](C)C2C(SCCNCc3ccncc3)C(=O)O[C@@]21C. The molecule has 16 nitrogen and oxygen atoms in total. The first-order valence-electron chi connectivity index (χ1n) is 23.5. The van der Waals surface area contributed by atoms with E-state index in [4.69, 9.17) is 37.9 Å². The van der Waals surface area contributed by atoms with Gasteiger partial charge in [0.1, 0.15) is 29.3 Å². The van der Waals surface area contributed by atoms with Gasteiger partial charge in [-0.25, -0.2) is 0 Å². The second-order valence-electron chi connectivity index (χ2n) is 19.9. The number of nitrogens with one attached hydrogen (secondary N) is 1. The molecule has 4 aliphatic heterocycles. The van der Waals surface area contributed by atoms with E-state index >= 15 is 4.79 Å². The fraction of sp³-hybridized carbons (Fsp3) is 0.833. The molecular formula is C48H79N3O13S. The molecule has 5 rings (SSSR count). The van der Waals surface area contributed by atoms with Gasteiger partial charge in [-0.2, -0.15) is 0 Å². The molecule has 19 atom stereocenters. The molecule has 0 spiro atoms. The van der Waals surface area contributed by atoms with Crippen molar-refractivity contribution in [1.82, 2.24) is 15.2 Å². The van der Waals surface area contributed by atoms with Crippen LogP contribution in [0.2, 0.25) is 0 Å². The number of Topliss-reactive ketones (excluding diaryl/α,β-unsaturated/α-hetero) is 1. The summed E-state index contributed by atoms with van der Waals surface area (Å²) in [7, 11) is 6.88. The molecule has 4 saturated heterocycles. The van der Waals surface area contributed by atoms with Crippen LogP contribution in [0.25, 0.3) is 0 Å². The van der Waals surface area contributed by atoms with E-state index in [1.165, 1.54) is 18.9 Å². The van der Waals surface area contributed by atoms with Gasteiger partial charge >= 0.3 is 11.9 Å². The number of carbonyl (C=O) groups excluding carboxylic acids is 3. The lowest BCUT2D eigenvalue weighted by molar-refractivity contribution is -0.319. The van der Waals surface area contributed by atoms with Gasteiger partial charge in [0.05, 0.1) is 41.5 Å². The number of thioether (sulfide) groups is 1. The van der Waals surface area contributed by atoms with Gasteiger partial charge in [-0.05, 0) is 92.6 Å². The summed E-state index contributed by atoms with van der Waals surface area (Å²) in [5, 5.41) is 25.6. The first-order valence-corrected chi connectivity index (χ1v) is 24.5. The summed E-state index contributed by atoms with van der Waals surface area (Å²) in [6, 6.07) is 3.59. The molecule has 17 heteroatoms. The monoisotopic (exact) mass is 938 g/mol. The quantitative estimate of drug-likeness (QED) is 0.174. The Kier molecular flexibility index (Phi) is 18.5. The van der Waals surface area contributed by atoms with Crippen molar-refractivity contribution in [2.45, 2.75) is 185 Å². The van der Waals surface area contributed by atoms with E-state index in [1.54, 1.807) is 47.2 Å². The van der Waals surface area contributed by atoms with E-state index in [0.717, 1.165) is 5.56 Å². The van der Waals surface area contributed by atoms with E-state index in [-0.39, 0.29) is 30.8 Å². The Bertz CT molecular complexity index is 1730. The maximum Gasteiger partial charge on any atom is 0.320 e. The van der Waals surface area contributed by atoms with Crippen LogP contribution >= 0.6 is 11.8 Å². The van der Waals surface area contributed by atoms with Crippen molar-refractivity contribution in [3.8, 4) is 0 Å². The Morgan fingerprint density at radius 2 is 1.57 bits per heavy atom. The van der Waals surface area contributed by atoms with E-state index in [1.807, 2.05) is 72.7 Å². The van der Waals surface area contributed by atoms with E-state index in [9.17, 15) is 19.8 Å². The number of rotatable bonds is 14. The number of hydrogen-bond acceptors (Lipinski definition) is 17. The number of likely N-dealkylation sites (N-methyl/N-ethyl adjacent to an activating group) is 1. The van der Waals surface area contributed by atoms with Gasteiger partial charge in [0, 0.05) is 81.6 Å². The molecule has 5 heterocycles. The molecule has 3 N–H and O–H groups in total. The topological polar surface area (TPSA) is 194 Å². The maximum absolute atomic E-state index is 15.0. The number of carbonyl (C=O) groups is 3. The minimum absolute atomic E-state index is 0.104. The summed E-state index contributed by atoms with van der Waals surface area (Å²) in [6.07, 6.45) is -3.24. The third-order valence-corrected chi connectivity index (χ3v) is 16.2. The third kappa shape index (κ3) is 11.8. The molecular weight excluding hydrogens is 859 g/mol. The van der Waals surface area contributed by atoms with Gasteiger partial charge in [-0.15, -0.1) is 11.8 Å². The van der Waals surface area contributed by atoms with Crippen molar-refractivity contribution < 1.29 is 62.5 Å². The van der Waals surface area contributed by atoms with Crippen LogP contribution in [-0.4, -0.2) is 162 Å². The summed E-state index contributed by atoms with van der Waals surface area (Å²) in [5.41, 5.74) is -2.55. The minimum atomic E-state index is -1.35. The van der Waals surface area contributed by atoms with Crippen LogP contribution in [0.15, 0.2) is 24.5 Å². The molecule has 1 aromatic heterocycles. The molecule has 0 radical (unpaired) electrons. The smallest absolute Gasteiger partial charge is 0.320 e. The number of ether oxygens (including phenoxy) is 8. The highest BCUT2D eigenvalue weighted by Crippen LogP contribution is 2.49. The van der Waals surface area contributed by atoms with Crippen LogP contribution in [0, 0.1) is 29.6 Å². The number of pyridine rings is 1. The number of aliphatic hydroxyl groups is 2. The standard InChI is InChI=1S/C48H79N3O13S/c1-15-34-48(10)36(40(44(56)64-48)65-21-20-50-25-32-16-18-49-19-17-32)28(4)37(52)26(2)23-47(9,58-14)42(63-45-38(53)33(51(11)12)22-27(3)59-45)29(5)39(30(6)43(55)61-34)62-35-24-46(8,57-13)41(54)31(7)60-35/h16-19,26-31,33-36,38-42,45,50,53-54H,15,20-25H2,1-14H3/t26-,27-,28+,29+,30-,31-,33+,34-,35+,36?,38-,39+,40?,41+,42-,45+,46-,47-,48-/m1/s1. The zero-order chi connectivity index (χ0) is 48.2. The highest BCUT2D eigenvalue weighted by Gasteiger charge is 2.62. The third-order valence-electron chi connectivity index (χ3n) is 14.9. The first-order chi connectivity index (χ1) is 30.5. The molecule has 2 unspecified atom stereocenters. The number of aliphatic hydroxyl groups excluding tert-OH is 2. The molecule has 4 aliphatic rings. The Morgan fingerprint density at radius 1 is 0.908 bits per heavy atom. The largest absolute Gasteiger partial charge is 0.458 e. The summed E-state index contributed by atoms with van der Waals surface area (Å²) in [4.78, 5) is 50.0. The fourth-order valence-electron chi connectivity index (χ4n) is 10.9. The number of aromatic nitrogens is 1. The molecule has 0 aliphatic carbocycles. The summed E-state index contributed by atoms with van der Waals surface area (Å²) >= 11 is 1.44. The van der Waals surface area contributed by atoms with Crippen molar-refractivity contribution in [3.05, 3.63) is 30.1 Å². The van der Waals surface area contributed by atoms with Gasteiger partial charge in [0.25, 0.3) is 0 Å². The molecule has 65 heavy (non-hydrogen) atoms. The number of ketones is 1. The Labute approximate surface area is 391 Å². The van der Waals surface area contributed by atoms with Crippen LogP contribution in [0.4, 0.5) is 0 Å². The number of nitrogens with zero attached hydrogens (tertiary/aromatic N) is 2. The molecule has 0 aromatic carbocycles. The Hall–Kier alpha value is -2.29. The van der Waals surface area contributed by atoms with Gasteiger partial charge in [-0.1, -0.05) is 27.7 Å². The number of methoxy groups -OCH3 is 2. The second kappa shape index (κ2) is 22.4. The Balaban J connectivity index is 1.57. The Morgan fingerprint density at radius 3 is 2.18 bits per heavy atom. The highest BCUT2D eigenvalue weighted by molar-refractivity contribution is 8.00. The highest BCUT2D eigenvalue weighted by atomic mass is 32.2. The molecule has 4 fully saturated rings. The predicted molar refractivity (Wildman–Crippen MR) is 245 cm³/mol. The van der Waals surface area contributed by atoms with Gasteiger partial charge in [-0.3, -0.25) is 19.4 Å². The van der Waals surface area contributed by atoms with Crippen molar-refractivity contribution in [1.29, 1.82) is 0 Å². The molecule has 0 amide bonds. The average molecular weight is 938 g/mol. The van der Waals surface area contributed by atoms with Crippen molar-refractivity contribution >= 4 is 29.5 Å². The van der Waals surface area contributed by atoms with Crippen LogP contribution < -0.4 is 5.32 Å². The fourth-order valence-corrected chi connectivity index (χ4v) is 12.3. The minimum Gasteiger partial charge on any atom is -0.458 e. The van der Waals surface area contributed by atoms with Crippen LogP contribution in [-0.2, 0) is 58.8 Å². The van der Waals surface area contributed by atoms with E-state index in [2.05, 4.69) is 10.3 Å². The van der Waals surface area contributed by atoms with Crippen molar-refractivity contribution in [3.63, 3.8) is 0 Å². The molecule has 0 saturated carbocycles. The van der Waals surface area contributed by atoms with Crippen molar-refractivity contribution in [2.24, 2.45) is 29.6 Å². The van der Waals surface area contributed by atoms with Crippen LogP contribution in [0.5, 0.6) is 0 Å². The second-order valence-corrected chi connectivity index (χ2v) is 21.2. The van der Waals surface area contributed by atoms with Gasteiger partial charge in [0.2, 0.25) is 0 Å². The normalized spacial score (nSPS) is 43.4. The number of hydrogen-bond donors (Lipinski definition) is 3. The van der Waals surface area contributed by atoms with E-state index in [0.29, 0.717) is 31.7 Å². The lowest BCUT2D eigenvalue weighted by atomic mass is 9.70. The summed E-state index contributed by atoms with van der Waals surface area (Å²) in [5.74, 6) is -4.30. The van der Waals surface area contributed by atoms with Gasteiger partial charge in [0.15, 0.2) is 18.2 Å². The zero-order valence-corrected chi connectivity index (χ0v) is 42.0. The average Bonchev–Trinajstić information content (AvgIpc) is 3.53. The van der Waals surface area contributed by atoms with Crippen LogP contribution in [0.3, 0.4) is 0 Å². The van der Waals surface area contributed by atoms with E-state index < -0.39 is 113 Å². The molecule has 370 valence electrons. The number of fused-ring (bicyclic) bond motifs is 1. The molecule has 1 aromatic rings. The van der Waals surface area contributed by atoms with Crippen molar-refractivity contribution in [2.75, 3.05) is 40.6 Å². The zero-order valence-electron chi connectivity index (χ0n) is 41.2. The number of esters is 2. The summed E-state index contributed by atoms with van der Waals surface area (Å²) in [6.45, 7) is 19.5. The predicted octanol–water partition coefficient (Wildman–Crippen LogP) is 4.55. The maximum atomic E-state index is 15.0. The lowest BCUT2D eigenvalue weighted by Crippen LogP contribution is -2.61. The lowest BCUT2D eigenvalue weighted by Gasteiger charge is -2.50. The summed E-state index contributed by atoms with van der Waals surface area (Å²) < 4.78 is 51.6. The van der Waals surface area contributed by atoms with Gasteiger partial charge < -0.3 is 58.3 Å². The number of cyclic esters (lactones) is 1.